The van der Waals surface area contributed by atoms with Gasteiger partial charge in [-0.05, 0) is 43.4 Å². The number of nitrogens with zero attached hydrogens (tertiary/aromatic N) is 1. The van der Waals surface area contributed by atoms with Crippen LogP contribution in [0.15, 0.2) is 18.2 Å². The van der Waals surface area contributed by atoms with Crippen LogP contribution in [-0.4, -0.2) is 35.6 Å². The summed E-state index contributed by atoms with van der Waals surface area (Å²) in [5.74, 6) is 6.33. The van der Waals surface area contributed by atoms with Gasteiger partial charge in [0, 0.05) is 24.2 Å². The van der Waals surface area contributed by atoms with Gasteiger partial charge in [0.15, 0.2) is 0 Å². The molecule has 0 bridgehead atoms. The predicted molar refractivity (Wildman–Crippen MR) is 79.4 cm³/mol. The number of hydrogen-bond acceptors (Lipinski definition) is 2. The number of aryl methyl sites for hydroxylation is 1. The Balaban J connectivity index is 2.18. The van der Waals surface area contributed by atoms with E-state index in [0.29, 0.717) is 11.5 Å². The summed E-state index contributed by atoms with van der Waals surface area (Å²) in [6, 6.07) is 5.61. The van der Waals surface area contributed by atoms with Crippen LogP contribution in [0.5, 0.6) is 0 Å². The molecule has 2 rings (SSSR count). The Morgan fingerprint density at radius 3 is 2.75 bits per heavy atom. The molecule has 1 fully saturated rings. The number of carbonyl (C=O) groups excluding carboxylic acids is 1. The molecule has 0 atom stereocenters. The summed E-state index contributed by atoms with van der Waals surface area (Å²) in [5.41, 5.74) is 2.53. The first-order valence-corrected chi connectivity index (χ1v) is 7.11. The van der Waals surface area contributed by atoms with Gasteiger partial charge >= 0.3 is 0 Å². The molecule has 1 saturated heterocycles. The molecule has 0 spiro atoms. The van der Waals surface area contributed by atoms with Crippen molar-refractivity contribution in [3.8, 4) is 11.8 Å². The van der Waals surface area contributed by atoms with Gasteiger partial charge in [-0.2, -0.15) is 0 Å². The summed E-state index contributed by atoms with van der Waals surface area (Å²) < 4.78 is 0. The van der Waals surface area contributed by atoms with E-state index >= 15 is 0 Å². The van der Waals surface area contributed by atoms with E-state index in [2.05, 4.69) is 18.8 Å². The van der Waals surface area contributed by atoms with Gasteiger partial charge in [-0.15, -0.1) is 0 Å². The summed E-state index contributed by atoms with van der Waals surface area (Å²) in [6.45, 7) is 5.70. The number of carbonyl (C=O) groups is 1. The average Bonchev–Trinajstić information content (AvgIpc) is 2.46. The van der Waals surface area contributed by atoms with Crippen molar-refractivity contribution in [3.63, 3.8) is 0 Å². The summed E-state index contributed by atoms with van der Waals surface area (Å²) >= 11 is 0. The highest BCUT2D eigenvalue weighted by Gasteiger charge is 2.21. The van der Waals surface area contributed by atoms with E-state index in [1.54, 1.807) is 0 Å². The number of hydrogen-bond donors (Lipinski definition) is 1. The zero-order chi connectivity index (χ0) is 14.5. The van der Waals surface area contributed by atoms with E-state index in [-0.39, 0.29) is 12.5 Å². The van der Waals surface area contributed by atoms with Gasteiger partial charge in [-0.1, -0.05) is 24.8 Å². The largest absolute Gasteiger partial charge is 0.384 e. The molecule has 20 heavy (non-hydrogen) atoms. The molecule has 1 heterocycles. The molecule has 1 N–H and O–H groups in total. The van der Waals surface area contributed by atoms with E-state index in [4.69, 9.17) is 5.11 Å². The van der Waals surface area contributed by atoms with Gasteiger partial charge < -0.3 is 10.0 Å². The third kappa shape index (κ3) is 3.40. The number of piperidine rings is 1. The SMILES string of the molecule is Cc1ccc(C(=O)N2CCC(C)CC2)cc1C#CCO. The van der Waals surface area contributed by atoms with Crippen LogP contribution >= 0.6 is 0 Å². The van der Waals surface area contributed by atoms with Crippen molar-refractivity contribution in [3.05, 3.63) is 34.9 Å². The lowest BCUT2D eigenvalue weighted by Gasteiger charge is -2.30. The van der Waals surface area contributed by atoms with Crippen molar-refractivity contribution >= 4 is 5.91 Å². The number of rotatable bonds is 1. The second-order valence-electron chi connectivity index (χ2n) is 5.46. The number of aliphatic hydroxyl groups excluding tert-OH is 1. The van der Waals surface area contributed by atoms with Gasteiger partial charge in [0.25, 0.3) is 5.91 Å². The van der Waals surface area contributed by atoms with Crippen molar-refractivity contribution in [2.45, 2.75) is 26.7 Å². The number of aliphatic hydroxyl groups is 1. The Morgan fingerprint density at radius 2 is 2.10 bits per heavy atom. The maximum atomic E-state index is 12.5. The van der Waals surface area contributed by atoms with Crippen molar-refractivity contribution in [1.29, 1.82) is 0 Å². The molecule has 0 radical (unpaired) electrons. The summed E-state index contributed by atoms with van der Waals surface area (Å²) in [5, 5.41) is 8.78. The molecular weight excluding hydrogens is 250 g/mol. The fraction of sp³-hybridized carbons (Fsp3) is 0.471. The summed E-state index contributed by atoms with van der Waals surface area (Å²) in [6.07, 6.45) is 2.16. The second kappa shape index (κ2) is 6.58. The second-order valence-corrected chi connectivity index (χ2v) is 5.46. The van der Waals surface area contributed by atoms with E-state index in [0.717, 1.165) is 37.1 Å². The van der Waals surface area contributed by atoms with E-state index in [1.807, 2.05) is 30.0 Å². The molecule has 0 aromatic heterocycles. The van der Waals surface area contributed by atoms with E-state index < -0.39 is 0 Å². The van der Waals surface area contributed by atoms with Crippen molar-refractivity contribution < 1.29 is 9.90 Å². The molecule has 1 aromatic rings. The van der Waals surface area contributed by atoms with Crippen LogP contribution in [0.1, 0.15) is 41.3 Å². The zero-order valence-corrected chi connectivity index (χ0v) is 12.1. The maximum Gasteiger partial charge on any atom is 0.253 e. The molecule has 0 unspecified atom stereocenters. The van der Waals surface area contributed by atoms with Crippen molar-refractivity contribution in [2.24, 2.45) is 5.92 Å². The Kier molecular flexibility index (Phi) is 4.81. The minimum Gasteiger partial charge on any atom is -0.384 e. The normalized spacial score (nSPS) is 15.7. The molecule has 1 aliphatic heterocycles. The Bertz CT molecular complexity index is 546. The molecule has 0 aliphatic carbocycles. The first-order valence-electron chi connectivity index (χ1n) is 7.11. The zero-order valence-electron chi connectivity index (χ0n) is 12.1. The fourth-order valence-corrected chi connectivity index (χ4v) is 2.42. The smallest absolute Gasteiger partial charge is 0.253 e. The number of amides is 1. The molecule has 1 amide bonds. The Labute approximate surface area is 120 Å². The molecule has 0 saturated carbocycles. The van der Waals surface area contributed by atoms with Crippen molar-refractivity contribution in [2.75, 3.05) is 19.7 Å². The highest BCUT2D eigenvalue weighted by Crippen LogP contribution is 2.19. The highest BCUT2D eigenvalue weighted by atomic mass is 16.2. The van der Waals surface area contributed by atoms with Gasteiger partial charge in [-0.25, -0.2) is 0 Å². The minimum atomic E-state index is -0.165. The van der Waals surface area contributed by atoms with Crippen LogP contribution in [0.4, 0.5) is 0 Å². The third-order valence-corrected chi connectivity index (χ3v) is 3.86. The van der Waals surface area contributed by atoms with Crippen LogP contribution in [0, 0.1) is 24.7 Å². The van der Waals surface area contributed by atoms with Crippen LogP contribution < -0.4 is 0 Å². The first kappa shape index (κ1) is 14.6. The Hall–Kier alpha value is -1.79. The number of likely N-dealkylation sites (tertiary alicyclic amines) is 1. The van der Waals surface area contributed by atoms with Gasteiger partial charge in [0.1, 0.15) is 6.61 Å². The molecule has 1 aromatic carbocycles. The molecule has 3 heteroatoms. The summed E-state index contributed by atoms with van der Waals surface area (Å²) in [7, 11) is 0. The van der Waals surface area contributed by atoms with Crippen LogP contribution in [0.2, 0.25) is 0 Å². The van der Waals surface area contributed by atoms with Gasteiger partial charge in [0.2, 0.25) is 0 Å². The first-order chi connectivity index (χ1) is 9.61. The molecular formula is C17H21NO2. The van der Waals surface area contributed by atoms with Gasteiger partial charge in [-0.3, -0.25) is 4.79 Å². The summed E-state index contributed by atoms with van der Waals surface area (Å²) in [4.78, 5) is 14.4. The van der Waals surface area contributed by atoms with Crippen LogP contribution in [0.25, 0.3) is 0 Å². The quantitative estimate of drug-likeness (QED) is 0.796. The van der Waals surface area contributed by atoms with E-state index in [1.165, 1.54) is 0 Å². The fourth-order valence-electron chi connectivity index (χ4n) is 2.42. The predicted octanol–water partition coefficient (Wildman–Crippen LogP) is 2.21. The van der Waals surface area contributed by atoms with E-state index in [9.17, 15) is 4.79 Å². The van der Waals surface area contributed by atoms with Crippen molar-refractivity contribution in [1.82, 2.24) is 4.90 Å². The van der Waals surface area contributed by atoms with Gasteiger partial charge in [0.05, 0.1) is 0 Å². The minimum absolute atomic E-state index is 0.0870. The molecule has 106 valence electrons. The lowest BCUT2D eigenvalue weighted by Crippen LogP contribution is -2.37. The maximum absolute atomic E-state index is 12.5. The molecule has 3 nitrogen and oxygen atoms in total. The average molecular weight is 271 g/mol. The highest BCUT2D eigenvalue weighted by molar-refractivity contribution is 5.94. The standard InChI is InChI=1S/C17H21NO2/c1-13-7-9-18(10-8-13)17(20)16-6-5-14(2)15(12-16)4-3-11-19/h5-6,12-13,19H,7-11H2,1-2H3. The lowest BCUT2D eigenvalue weighted by molar-refractivity contribution is 0.0697. The topological polar surface area (TPSA) is 40.5 Å². The monoisotopic (exact) mass is 271 g/mol. The van der Waals surface area contributed by atoms with Crippen LogP contribution in [-0.2, 0) is 0 Å². The van der Waals surface area contributed by atoms with Crippen LogP contribution in [0.3, 0.4) is 0 Å². The number of benzene rings is 1. The third-order valence-electron chi connectivity index (χ3n) is 3.86. The molecule has 1 aliphatic rings. The Morgan fingerprint density at radius 1 is 1.40 bits per heavy atom. The lowest BCUT2D eigenvalue weighted by atomic mass is 9.98.